The van der Waals surface area contributed by atoms with Crippen molar-refractivity contribution in [2.24, 2.45) is 0 Å². The van der Waals surface area contributed by atoms with Gasteiger partial charge in [0, 0.05) is 5.46 Å². The molecule has 0 bridgehead atoms. The molecule has 0 saturated heterocycles. The SMILES string of the molecule is OB(O)c1cccc(C(F)(F)F)c1O. The fraction of sp³-hybridized carbons (Fsp3) is 0.143. The summed E-state index contributed by atoms with van der Waals surface area (Å²) in [5.41, 5.74) is -1.86. The van der Waals surface area contributed by atoms with Crippen molar-refractivity contribution in [1.29, 1.82) is 0 Å². The van der Waals surface area contributed by atoms with Crippen LogP contribution >= 0.6 is 0 Å². The molecule has 0 amide bonds. The van der Waals surface area contributed by atoms with E-state index in [2.05, 4.69) is 0 Å². The minimum atomic E-state index is -4.71. The molecule has 1 aromatic rings. The van der Waals surface area contributed by atoms with Crippen molar-refractivity contribution in [1.82, 2.24) is 0 Å². The van der Waals surface area contributed by atoms with Gasteiger partial charge < -0.3 is 15.2 Å². The first kappa shape index (κ1) is 10.9. The highest BCUT2D eigenvalue weighted by Crippen LogP contribution is 2.34. The molecule has 7 heteroatoms. The monoisotopic (exact) mass is 206 g/mol. The maximum atomic E-state index is 12.2. The second kappa shape index (κ2) is 3.51. The molecule has 0 aliphatic carbocycles. The zero-order valence-electron chi connectivity index (χ0n) is 6.78. The largest absolute Gasteiger partial charge is 0.508 e. The van der Waals surface area contributed by atoms with Crippen molar-refractivity contribution < 1.29 is 28.3 Å². The van der Waals surface area contributed by atoms with E-state index in [0.717, 1.165) is 12.1 Å². The van der Waals surface area contributed by atoms with Crippen LogP contribution in [0.3, 0.4) is 0 Å². The number of para-hydroxylation sites is 1. The zero-order chi connectivity index (χ0) is 10.9. The average Bonchev–Trinajstić information content (AvgIpc) is 2.01. The fourth-order valence-electron chi connectivity index (χ4n) is 0.998. The van der Waals surface area contributed by atoms with Gasteiger partial charge in [-0.1, -0.05) is 12.1 Å². The number of hydrogen-bond acceptors (Lipinski definition) is 3. The van der Waals surface area contributed by atoms with E-state index in [1.165, 1.54) is 0 Å². The maximum absolute atomic E-state index is 12.2. The molecule has 0 aliphatic rings. The minimum Gasteiger partial charge on any atom is -0.508 e. The van der Waals surface area contributed by atoms with Gasteiger partial charge in [0.2, 0.25) is 0 Å². The molecule has 76 valence electrons. The summed E-state index contributed by atoms with van der Waals surface area (Å²) in [7, 11) is -2.13. The van der Waals surface area contributed by atoms with E-state index in [1.807, 2.05) is 0 Å². The van der Waals surface area contributed by atoms with Crippen LogP contribution in [0.1, 0.15) is 5.56 Å². The van der Waals surface area contributed by atoms with Crippen LogP contribution < -0.4 is 5.46 Å². The predicted molar refractivity (Wildman–Crippen MR) is 42.9 cm³/mol. The highest BCUT2D eigenvalue weighted by atomic mass is 19.4. The molecule has 1 rings (SSSR count). The second-order valence-corrected chi connectivity index (χ2v) is 2.61. The number of phenols is 1. The van der Waals surface area contributed by atoms with Crippen LogP contribution in [-0.2, 0) is 6.18 Å². The molecule has 1 aromatic carbocycles. The van der Waals surface area contributed by atoms with Crippen LogP contribution in [0.2, 0.25) is 0 Å². The third-order valence-electron chi connectivity index (χ3n) is 1.65. The number of alkyl halides is 3. The Kier molecular flexibility index (Phi) is 2.72. The number of hydrogen-bond donors (Lipinski definition) is 3. The molecule has 3 N–H and O–H groups in total. The van der Waals surface area contributed by atoms with Crippen molar-refractivity contribution in [3.8, 4) is 5.75 Å². The summed E-state index contributed by atoms with van der Waals surface area (Å²) in [6, 6.07) is 2.63. The van der Waals surface area contributed by atoms with Crippen LogP contribution in [0.5, 0.6) is 5.75 Å². The quantitative estimate of drug-likeness (QED) is 0.570. The van der Waals surface area contributed by atoms with Gasteiger partial charge in [0.1, 0.15) is 5.75 Å². The van der Waals surface area contributed by atoms with Gasteiger partial charge in [-0.2, -0.15) is 13.2 Å². The van der Waals surface area contributed by atoms with Gasteiger partial charge in [0.25, 0.3) is 0 Å². The Hall–Kier alpha value is -1.21. The van der Waals surface area contributed by atoms with E-state index in [0.29, 0.717) is 6.07 Å². The number of halogens is 3. The first-order chi connectivity index (χ1) is 6.34. The zero-order valence-corrected chi connectivity index (χ0v) is 6.78. The van der Waals surface area contributed by atoms with E-state index in [-0.39, 0.29) is 0 Å². The fourth-order valence-corrected chi connectivity index (χ4v) is 0.998. The summed E-state index contributed by atoms with van der Waals surface area (Å²) in [6.45, 7) is 0. The van der Waals surface area contributed by atoms with E-state index in [9.17, 15) is 13.2 Å². The average molecular weight is 206 g/mol. The summed E-state index contributed by atoms with van der Waals surface area (Å²) in [6.07, 6.45) is -4.71. The molecule has 0 radical (unpaired) electrons. The summed E-state index contributed by atoms with van der Waals surface area (Å²) >= 11 is 0. The first-order valence-electron chi connectivity index (χ1n) is 3.59. The molecular formula is C7H6BF3O3. The van der Waals surface area contributed by atoms with Crippen LogP contribution in [-0.4, -0.2) is 22.3 Å². The Balaban J connectivity index is 3.28. The molecule has 0 atom stereocenters. The molecule has 14 heavy (non-hydrogen) atoms. The molecule has 0 aliphatic heterocycles. The van der Waals surface area contributed by atoms with Gasteiger partial charge in [0.05, 0.1) is 5.56 Å². The van der Waals surface area contributed by atoms with Crippen molar-refractivity contribution in [2.45, 2.75) is 6.18 Å². The molecule has 0 fully saturated rings. The second-order valence-electron chi connectivity index (χ2n) is 2.61. The standard InChI is InChI=1S/C7H6BF3O3/c9-7(10,11)4-2-1-3-5(6(4)12)8(13)14/h1-3,12-14H. The Morgan fingerprint density at radius 2 is 1.71 bits per heavy atom. The van der Waals surface area contributed by atoms with Crippen LogP contribution in [0.4, 0.5) is 13.2 Å². The summed E-state index contributed by atoms with van der Waals surface area (Å²) in [5.74, 6) is -1.16. The van der Waals surface area contributed by atoms with Crippen molar-refractivity contribution >= 4 is 12.6 Å². The van der Waals surface area contributed by atoms with Crippen molar-refractivity contribution in [3.05, 3.63) is 23.8 Å². The number of phenolic OH excluding ortho intramolecular Hbond substituents is 1. The lowest BCUT2D eigenvalue weighted by atomic mass is 9.78. The third kappa shape index (κ3) is 1.99. The molecule has 0 saturated carbocycles. The van der Waals surface area contributed by atoms with Gasteiger partial charge >= 0.3 is 13.3 Å². The topological polar surface area (TPSA) is 60.7 Å². The van der Waals surface area contributed by atoms with Gasteiger partial charge in [-0.15, -0.1) is 0 Å². The molecular weight excluding hydrogens is 200 g/mol. The Morgan fingerprint density at radius 3 is 2.14 bits per heavy atom. The number of rotatable bonds is 1. The third-order valence-corrected chi connectivity index (χ3v) is 1.65. The smallest absolute Gasteiger partial charge is 0.492 e. The highest BCUT2D eigenvalue weighted by Gasteiger charge is 2.35. The lowest BCUT2D eigenvalue weighted by Crippen LogP contribution is -2.31. The van der Waals surface area contributed by atoms with E-state index >= 15 is 0 Å². The Morgan fingerprint density at radius 1 is 1.14 bits per heavy atom. The highest BCUT2D eigenvalue weighted by molar-refractivity contribution is 6.59. The minimum absolute atomic E-state index is 0.570. The molecule has 0 aromatic heterocycles. The molecule has 0 spiro atoms. The van der Waals surface area contributed by atoms with E-state index < -0.39 is 30.1 Å². The number of benzene rings is 1. The molecule has 0 unspecified atom stereocenters. The van der Waals surface area contributed by atoms with Gasteiger partial charge in [-0.25, -0.2) is 0 Å². The van der Waals surface area contributed by atoms with Crippen LogP contribution in [0.15, 0.2) is 18.2 Å². The summed E-state index contributed by atoms with van der Waals surface area (Å²) in [5, 5.41) is 26.3. The first-order valence-corrected chi connectivity index (χ1v) is 3.59. The van der Waals surface area contributed by atoms with Crippen LogP contribution in [0, 0.1) is 0 Å². The van der Waals surface area contributed by atoms with E-state index in [4.69, 9.17) is 15.2 Å². The Bertz CT molecular complexity index is 337. The summed E-state index contributed by atoms with van der Waals surface area (Å²) < 4.78 is 36.5. The Labute approximate surface area is 77.6 Å². The van der Waals surface area contributed by atoms with Crippen molar-refractivity contribution in [3.63, 3.8) is 0 Å². The predicted octanol–water partition coefficient (Wildman–Crippen LogP) is 0.0908. The lowest BCUT2D eigenvalue weighted by molar-refractivity contribution is -0.138. The van der Waals surface area contributed by atoms with Crippen molar-refractivity contribution in [2.75, 3.05) is 0 Å². The van der Waals surface area contributed by atoms with Gasteiger partial charge in [0.15, 0.2) is 0 Å². The van der Waals surface area contributed by atoms with Crippen LogP contribution in [0.25, 0.3) is 0 Å². The van der Waals surface area contributed by atoms with Gasteiger partial charge in [-0.3, -0.25) is 0 Å². The maximum Gasteiger partial charge on any atom is 0.492 e. The summed E-state index contributed by atoms with van der Waals surface area (Å²) in [4.78, 5) is 0. The van der Waals surface area contributed by atoms with E-state index in [1.54, 1.807) is 0 Å². The number of aromatic hydroxyl groups is 1. The lowest BCUT2D eigenvalue weighted by Gasteiger charge is -2.11. The van der Waals surface area contributed by atoms with Gasteiger partial charge in [-0.05, 0) is 6.07 Å². The molecule has 3 nitrogen and oxygen atoms in total. The molecule has 0 heterocycles. The normalized spacial score (nSPS) is 11.5.